The number of rotatable bonds is 5. The third kappa shape index (κ3) is 6.30. The highest BCUT2D eigenvalue weighted by Crippen LogP contribution is 2.22. The molecule has 104 valence electrons. The first-order valence-electron chi connectivity index (χ1n) is 5.30. The van der Waals surface area contributed by atoms with Gasteiger partial charge in [0.1, 0.15) is 0 Å². The number of carbonyl (C=O) groups is 3. The molecule has 19 heavy (non-hydrogen) atoms. The number of hydrogen-bond donors (Lipinski definition) is 3. The fraction of sp³-hybridized carbons (Fsp3) is 0.400. The van der Waals surface area contributed by atoms with Crippen LogP contribution in [0.1, 0.15) is 19.8 Å². The van der Waals surface area contributed by atoms with E-state index >= 15 is 0 Å². The van der Waals surface area contributed by atoms with Gasteiger partial charge in [0.15, 0.2) is 5.13 Å². The van der Waals surface area contributed by atoms with Crippen LogP contribution in [0.3, 0.4) is 0 Å². The van der Waals surface area contributed by atoms with Crippen LogP contribution in [0.4, 0.5) is 9.93 Å². The van der Waals surface area contributed by atoms with E-state index in [0.717, 1.165) is 3.79 Å². The van der Waals surface area contributed by atoms with Gasteiger partial charge in [-0.15, -0.1) is 0 Å². The number of hydrogen-bond acceptors (Lipinski definition) is 5. The van der Waals surface area contributed by atoms with Crippen molar-refractivity contribution < 1.29 is 19.5 Å². The molecule has 1 aromatic rings. The van der Waals surface area contributed by atoms with Crippen molar-refractivity contribution in [3.8, 4) is 0 Å². The van der Waals surface area contributed by atoms with Crippen LogP contribution in [0, 0.1) is 5.92 Å². The van der Waals surface area contributed by atoms with Crippen LogP contribution in [0.2, 0.25) is 0 Å². The number of nitrogens with one attached hydrogen (secondary N) is 2. The summed E-state index contributed by atoms with van der Waals surface area (Å²) in [7, 11) is 0. The lowest BCUT2D eigenvalue weighted by molar-refractivity contribution is -0.138. The van der Waals surface area contributed by atoms with Crippen LogP contribution in [0.25, 0.3) is 0 Å². The maximum Gasteiger partial charge on any atom is 0.327 e. The number of urea groups is 1. The van der Waals surface area contributed by atoms with E-state index in [4.69, 9.17) is 5.11 Å². The SMILES string of the molecule is CC(CC(=O)O)CC(=O)NC(=O)Nc1ncc(Br)s1. The molecule has 0 bridgehead atoms. The third-order valence-corrected chi connectivity index (χ3v) is 3.40. The lowest BCUT2D eigenvalue weighted by Gasteiger charge is -2.08. The molecule has 0 aromatic carbocycles. The molecule has 1 aromatic heterocycles. The molecule has 0 radical (unpaired) electrons. The molecule has 1 rings (SSSR count). The Labute approximate surface area is 121 Å². The second-order valence-corrected chi connectivity index (χ2v) is 6.29. The molecule has 0 fully saturated rings. The molecule has 0 aliphatic rings. The Hall–Kier alpha value is -1.48. The summed E-state index contributed by atoms with van der Waals surface area (Å²) < 4.78 is 0.754. The van der Waals surface area contributed by atoms with Crippen molar-refractivity contribution in [2.75, 3.05) is 5.32 Å². The van der Waals surface area contributed by atoms with E-state index in [1.807, 2.05) is 0 Å². The number of amides is 3. The number of thiazole rings is 1. The smallest absolute Gasteiger partial charge is 0.327 e. The van der Waals surface area contributed by atoms with Gasteiger partial charge in [0.25, 0.3) is 0 Å². The molecule has 0 aliphatic carbocycles. The highest BCUT2D eigenvalue weighted by Gasteiger charge is 2.15. The van der Waals surface area contributed by atoms with Crippen LogP contribution in [0.5, 0.6) is 0 Å². The lowest BCUT2D eigenvalue weighted by Crippen LogP contribution is -2.35. The van der Waals surface area contributed by atoms with Crippen LogP contribution >= 0.6 is 27.3 Å². The Bertz CT molecular complexity index is 491. The van der Waals surface area contributed by atoms with E-state index in [9.17, 15) is 14.4 Å². The molecule has 0 saturated carbocycles. The maximum absolute atomic E-state index is 11.4. The minimum atomic E-state index is -0.975. The quantitative estimate of drug-likeness (QED) is 0.753. The van der Waals surface area contributed by atoms with Crippen LogP contribution in [-0.2, 0) is 9.59 Å². The van der Waals surface area contributed by atoms with Gasteiger partial charge < -0.3 is 5.11 Å². The number of halogens is 1. The summed E-state index contributed by atoms with van der Waals surface area (Å²) in [6, 6.07) is -0.686. The Morgan fingerprint density at radius 3 is 2.68 bits per heavy atom. The number of aliphatic carboxylic acids is 1. The van der Waals surface area contributed by atoms with E-state index < -0.39 is 17.9 Å². The fourth-order valence-electron chi connectivity index (χ4n) is 1.31. The Balaban J connectivity index is 2.35. The fourth-order valence-corrected chi connectivity index (χ4v) is 2.41. The van der Waals surface area contributed by atoms with Crippen molar-refractivity contribution in [1.29, 1.82) is 0 Å². The number of aromatic nitrogens is 1. The Morgan fingerprint density at radius 2 is 2.16 bits per heavy atom. The maximum atomic E-state index is 11.4. The second-order valence-electron chi connectivity index (χ2n) is 3.88. The number of carboxylic acid groups (broad SMARTS) is 1. The van der Waals surface area contributed by atoms with E-state index in [2.05, 4.69) is 31.5 Å². The number of carboxylic acids is 1. The topological polar surface area (TPSA) is 108 Å². The monoisotopic (exact) mass is 349 g/mol. The van der Waals surface area contributed by atoms with E-state index in [-0.39, 0.29) is 18.8 Å². The Kier molecular flexibility index (Phi) is 5.90. The van der Waals surface area contributed by atoms with E-state index in [1.54, 1.807) is 6.92 Å². The molecular formula is C10H12BrN3O4S. The highest BCUT2D eigenvalue weighted by atomic mass is 79.9. The summed E-state index contributed by atoms with van der Waals surface area (Å²) in [6.45, 7) is 1.63. The lowest BCUT2D eigenvalue weighted by atomic mass is 10.0. The van der Waals surface area contributed by atoms with Gasteiger partial charge in [-0.25, -0.2) is 9.78 Å². The van der Waals surface area contributed by atoms with Gasteiger partial charge in [0.2, 0.25) is 5.91 Å². The third-order valence-electron chi connectivity index (χ3n) is 2.01. The van der Waals surface area contributed by atoms with Crippen molar-refractivity contribution in [2.24, 2.45) is 5.92 Å². The highest BCUT2D eigenvalue weighted by molar-refractivity contribution is 9.11. The van der Waals surface area contributed by atoms with Gasteiger partial charge in [0.05, 0.1) is 9.98 Å². The van der Waals surface area contributed by atoms with Gasteiger partial charge in [-0.1, -0.05) is 18.3 Å². The van der Waals surface area contributed by atoms with Crippen molar-refractivity contribution in [2.45, 2.75) is 19.8 Å². The summed E-state index contributed by atoms with van der Waals surface area (Å²) in [5.74, 6) is -1.83. The van der Waals surface area contributed by atoms with E-state index in [1.165, 1.54) is 17.5 Å². The Morgan fingerprint density at radius 1 is 1.47 bits per heavy atom. The summed E-state index contributed by atoms with van der Waals surface area (Å²) >= 11 is 4.40. The zero-order valence-electron chi connectivity index (χ0n) is 9.97. The molecule has 9 heteroatoms. The molecule has 1 heterocycles. The average molecular weight is 350 g/mol. The van der Waals surface area contributed by atoms with Gasteiger partial charge in [-0.3, -0.25) is 20.2 Å². The predicted octanol–water partition coefficient (Wildman–Crippen LogP) is 2.05. The zero-order valence-corrected chi connectivity index (χ0v) is 12.4. The summed E-state index contributed by atoms with van der Waals surface area (Å²) in [5.41, 5.74) is 0. The van der Waals surface area contributed by atoms with Gasteiger partial charge in [-0.05, 0) is 21.8 Å². The molecule has 0 saturated heterocycles. The van der Waals surface area contributed by atoms with Crippen molar-refractivity contribution >= 4 is 50.3 Å². The van der Waals surface area contributed by atoms with Crippen molar-refractivity contribution in [1.82, 2.24) is 10.3 Å². The minimum Gasteiger partial charge on any atom is -0.481 e. The number of imide groups is 1. The molecule has 3 amide bonds. The zero-order chi connectivity index (χ0) is 14.4. The van der Waals surface area contributed by atoms with Crippen LogP contribution in [0.15, 0.2) is 9.98 Å². The first-order chi connectivity index (χ1) is 8.86. The van der Waals surface area contributed by atoms with Crippen molar-refractivity contribution in [3.05, 3.63) is 9.98 Å². The minimum absolute atomic E-state index is 0.0265. The van der Waals surface area contributed by atoms with Gasteiger partial charge in [-0.2, -0.15) is 0 Å². The van der Waals surface area contributed by atoms with Gasteiger partial charge in [0, 0.05) is 12.8 Å². The van der Waals surface area contributed by atoms with Crippen molar-refractivity contribution in [3.63, 3.8) is 0 Å². The largest absolute Gasteiger partial charge is 0.481 e. The first-order valence-corrected chi connectivity index (χ1v) is 6.91. The molecule has 1 unspecified atom stereocenters. The van der Waals surface area contributed by atoms with E-state index in [0.29, 0.717) is 5.13 Å². The first kappa shape index (κ1) is 15.6. The molecular weight excluding hydrogens is 338 g/mol. The molecule has 7 nitrogen and oxygen atoms in total. The van der Waals surface area contributed by atoms with Gasteiger partial charge >= 0.3 is 12.0 Å². The standard InChI is InChI=1S/C10H12BrN3O4S/c1-5(3-8(16)17)2-7(15)13-9(18)14-10-12-4-6(11)19-10/h4-5H,2-3H2,1H3,(H,16,17)(H2,12,13,14,15,18). The molecule has 0 spiro atoms. The number of carbonyl (C=O) groups excluding carboxylic acids is 2. The normalized spacial score (nSPS) is 11.7. The average Bonchev–Trinajstić information content (AvgIpc) is 2.61. The molecule has 0 aliphatic heterocycles. The number of nitrogens with zero attached hydrogens (tertiary/aromatic N) is 1. The molecule has 1 atom stereocenters. The molecule has 3 N–H and O–H groups in total. The summed E-state index contributed by atoms with van der Waals surface area (Å²) in [4.78, 5) is 37.2. The van der Waals surface area contributed by atoms with Crippen LogP contribution in [-0.4, -0.2) is 28.0 Å². The second kappa shape index (κ2) is 7.19. The number of anilines is 1. The summed E-state index contributed by atoms with van der Waals surface area (Å²) in [5, 5.41) is 13.4. The van der Waals surface area contributed by atoms with Crippen LogP contribution < -0.4 is 10.6 Å². The predicted molar refractivity (Wildman–Crippen MR) is 73.0 cm³/mol. The summed E-state index contributed by atoms with van der Waals surface area (Å²) in [6.07, 6.45) is 1.38.